The molecule has 0 aromatic heterocycles. The molecule has 1 fully saturated rings. The Kier molecular flexibility index (Phi) is 7.90. The van der Waals surface area contributed by atoms with Crippen molar-refractivity contribution in [3.05, 3.63) is 77.9 Å². The number of nitrogens with zero attached hydrogens (tertiary/aromatic N) is 3. The molecule has 0 unspecified atom stereocenters. The summed E-state index contributed by atoms with van der Waals surface area (Å²) in [6.07, 6.45) is 3.89. The van der Waals surface area contributed by atoms with Gasteiger partial charge in [-0.15, -0.1) is 4.83 Å². The first-order valence-corrected chi connectivity index (χ1v) is 13.3. The molecule has 4 rings (SSSR count). The van der Waals surface area contributed by atoms with Crippen molar-refractivity contribution in [2.24, 2.45) is 10.2 Å². The summed E-state index contributed by atoms with van der Waals surface area (Å²) < 4.78 is 30.1. The molecular weight excluding hydrogens is 486 g/mol. The average molecular weight is 514 g/mol. The summed E-state index contributed by atoms with van der Waals surface area (Å²) in [5.41, 5.74) is 7.10. The molecule has 3 aromatic carbocycles. The van der Waals surface area contributed by atoms with Gasteiger partial charge in [-0.3, -0.25) is 0 Å². The van der Waals surface area contributed by atoms with E-state index >= 15 is 0 Å². The predicted molar refractivity (Wildman–Crippen MR) is 138 cm³/mol. The lowest BCUT2D eigenvalue weighted by molar-refractivity contribution is 0.142. The molecule has 0 spiro atoms. The second-order valence-corrected chi connectivity index (χ2v) is 10.4. The van der Waals surface area contributed by atoms with Crippen LogP contribution in [-0.2, 0) is 16.6 Å². The lowest BCUT2D eigenvalue weighted by Gasteiger charge is -2.30. The van der Waals surface area contributed by atoms with Crippen LogP contribution in [0.5, 0.6) is 0 Å². The van der Waals surface area contributed by atoms with Gasteiger partial charge < -0.3 is 10.6 Å². The zero-order chi connectivity index (χ0) is 24.8. The summed E-state index contributed by atoms with van der Waals surface area (Å²) in [4.78, 5) is 17.8. The number of urea groups is 1. The number of sulfonamides is 1. The number of fused-ring (bicyclic) bond motifs is 1. The van der Waals surface area contributed by atoms with Crippen molar-refractivity contribution >= 4 is 44.4 Å². The van der Waals surface area contributed by atoms with Crippen LogP contribution in [0.1, 0.15) is 36.8 Å². The first-order chi connectivity index (χ1) is 16.9. The van der Waals surface area contributed by atoms with E-state index in [9.17, 15) is 13.2 Å². The van der Waals surface area contributed by atoms with Crippen molar-refractivity contribution in [1.82, 2.24) is 14.7 Å². The van der Waals surface area contributed by atoms with Gasteiger partial charge in [0.05, 0.1) is 11.4 Å². The highest BCUT2D eigenvalue weighted by Gasteiger charge is 2.27. The summed E-state index contributed by atoms with van der Waals surface area (Å²) in [5.74, 6) is 0.174. The normalized spacial score (nSPS) is 15.1. The number of nitrogens with one attached hydrogen (secondary N) is 1. The van der Waals surface area contributed by atoms with Gasteiger partial charge in [-0.05, 0) is 41.3 Å². The molecule has 1 heterocycles. The molecule has 0 bridgehead atoms. The fourth-order valence-electron chi connectivity index (χ4n) is 4.12. The lowest BCUT2D eigenvalue weighted by Crippen LogP contribution is -2.51. The summed E-state index contributed by atoms with van der Waals surface area (Å²) in [5, 5.41) is 2.91. The molecular formula is C25H28ClN5O3S. The Morgan fingerprint density at radius 2 is 1.63 bits per heavy atom. The molecule has 0 radical (unpaired) electrons. The van der Waals surface area contributed by atoms with E-state index in [0.717, 1.165) is 42.0 Å². The summed E-state index contributed by atoms with van der Waals surface area (Å²) in [6, 6.07) is 19.0. The van der Waals surface area contributed by atoms with Crippen molar-refractivity contribution in [2.75, 3.05) is 13.1 Å². The van der Waals surface area contributed by atoms with Gasteiger partial charge in [0.15, 0.2) is 0 Å². The number of carbonyl (C=O) groups is 1. The number of carbonyl (C=O) groups excluding carboxylic acids is 1. The lowest BCUT2D eigenvalue weighted by atomic mass is 10.1. The number of halogens is 1. The Hall–Kier alpha value is -3.14. The largest absolute Gasteiger partial charge is 0.382 e. The highest BCUT2D eigenvalue weighted by molar-refractivity contribution is 7.89. The van der Waals surface area contributed by atoms with Crippen LogP contribution >= 0.6 is 11.8 Å². The number of amides is 2. The second-order valence-electron chi connectivity index (χ2n) is 8.54. The van der Waals surface area contributed by atoms with Crippen molar-refractivity contribution < 1.29 is 13.2 Å². The number of likely N-dealkylation sites (tertiary alicyclic amines) is 1. The third-order valence-corrected chi connectivity index (χ3v) is 7.57. The topological polar surface area (TPSA) is 108 Å². The van der Waals surface area contributed by atoms with Crippen LogP contribution in [0.4, 0.5) is 4.79 Å². The van der Waals surface area contributed by atoms with Crippen molar-refractivity contribution in [3.63, 3.8) is 0 Å². The molecule has 184 valence electrons. The van der Waals surface area contributed by atoms with E-state index < -0.39 is 10.0 Å². The predicted octanol–water partition coefficient (Wildman–Crippen LogP) is 4.39. The monoisotopic (exact) mass is 513 g/mol. The number of nitrogens with two attached hydrogens (primary N) is 1. The van der Waals surface area contributed by atoms with Crippen molar-refractivity contribution in [3.8, 4) is 0 Å². The molecule has 10 heteroatoms. The van der Waals surface area contributed by atoms with Gasteiger partial charge in [0, 0.05) is 30.4 Å². The quantitative estimate of drug-likeness (QED) is 0.289. The zero-order valence-corrected chi connectivity index (χ0v) is 20.8. The van der Waals surface area contributed by atoms with Gasteiger partial charge in [0.2, 0.25) is 0 Å². The second kappa shape index (κ2) is 11.1. The number of benzene rings is 3. The fourth-order valence-corrected chi connectivity index (χ4v) is 5.28. The highest BCUT2D eigenvalue weighted by Crippen LogP contribution is 2.20. The maximum absolute atomic E-state index is 13.5. The van der Waals surface area contributed by atoms with Crippen molar-refractivity contribution in [1.29, 1.82) is 0 Å². The number of rotatable bonds is 6. The minimum Gasteiger partial charge on any atom is -0.382 e. The van der Waals surface area contributed by atoms with Crippen LogP contribution in [0.2, 0.25) is 0 Å². The van der Waals surface area contributed by atoms with Crippen LogP contribution in [0.3, 0.4) is 0 Å². The van der Waals surface area contributed by atoms with Crippen LogP contribution in [-0.4, -0.2) is 43.3 Å². The molecule has 8 nitrogen and oxygen atoms in total. The van der Waals surface area contributed by atoms with E-state index in [-0.39, 0.29) is 23.3 Å². The summed E-state index contributed by atoms with van der Waals surface area (Å²) in [7, 11) is -4.02. The third-order valence-electron chi connectivity index (χ3n) is 6.05. The van der Waals surface area contributed by atoms with E-state index in [1.807, 2.05) is 24.3 Å². The highest BCUT2D eigenvalue weighted by atomic mass is 35.5. The first kappa shape index (κ1) is 25.0. The summed E-state index contributed by atoms with van der Waals surface area (Å²) in [6.45, 7) is 1.23. The third kappa shape index (κ3) is 6.11. The van der Waals surface area contributed by atoms with Gasteiger partial charge in [0.1, 0.15) is 5.84 Å². The van der Waals surface area contributed by atoms with E-state index in [0.29, 0.717) is 18.7 Å². The SMILES string of the molecule is N/C(=N\Cl)c1ccc(CN(NS(=O)(=O)c2ccc3ccccc3c2)C(=O)N2CCCCCC2)cc1. The average Bonchev–Trinajstić information content (AvgIpc) is 3.17. The Morgan fingerprint density at radius 1 is 0.971 bits per heavy atom. The van der Waals surface area contributed by atoms with E-state index in [4.69, 9.17) is 17.5 Å². The standard InChI is InChI=1S/C25H28ClN5O3S/c26-28-24(27)21-11-9-19(10-12-21)18-31(25(32)30-15-5-1-2-6-16-30)29-35(33,34)23-14-13-20-7-3-4-8-22(20)17-23/h3-4,7-14,17,29H,1-2,5-6,15-16,18H2,(H2,27,28). The Balaban J connectivity index is 1.62. The van der Waals surface area contributed by atoms with Gasteiger partial charge in [-0.1, -0.05) is 67.4 Å². The smallest absolute Gasteiger partial charge is 0.335 e. The molecule has 0 saturated carbocycles. The number of hydrazine groups is 1. The molecule has 0 aliphatic carbocycles. The Labute approximate surface area is 210 Å². The van der Waals surface area contributed by atoms with Crippen LogP contribution in [0, 0.1) is 0 Å². The molecule has 3 N–H and O–H groups in total. The Morgan fingerprint density at radius 3 is 2.29 bits per heavy atom. The molecule has 2 amide bonds. The maximum Gasteiger partial charge on any atom is 0.335 e. The molecule has 1 saturated heterocycles. The van der Waals surface area contributed by atoms with Gasteiger partial charge in [-0.2, -0.15) is 4.51 Å². The minimum absolute atomic E-state index is 0.0420. The molecule has 0 atom stereocenters. The maximum atomic E-state index is 13.5. The minimum atomic E-state index is -4.02. The van der Waals surface area contributed by atoms with Crippen LogP contribution in [0.25, 0.3) is 10.8 Å². The van der Waals surface area contributed by atoms with E-state index in [1.54, 1.807) is 47.4 Å². The molecule has 1 aliphatic rings. The first-order valence-electron chi connectivity index (χ1n) is 11.5. The van der Waals surface area contributed by atoms with E-state index in [2.05, 4.69) is 9.34 Å². The number of hydrogen-bond acceptors (Lipinski definition) is 4. The zero-order valence-electron chi connectivity index (χ0n) is 19.2. The Bertz CT molecular complexity index is 1320. The van der Waals surface area contributed by atoms with Crippen LogP contribution < -0.4 is 10.6 Å². The summed E-state index contributed by atoms with van der Waals surface area (Å²) >= 11 is 5.45. The van der Waals surface area contributed by atoms with E-state index in [1.165, 1.54) is 5.01 Å². The fraction of sp³-hybridized carbons (Fsp3) is 0.280. The number of hydrogen-bond donors (Lipinski definition) is 2. The van der Waals surface area contributed by atoms with Gasteiger partial charge in [-0.25, -0.2) is 18.2 Å². The van der Waals surface area contributed by atoms with Crippen LogP contribution in [0.15, 0.2) is 76.1 Å². The van der Waals surface area contributed by atoms with Crippen molar-refractivity contribution in [2.45, 2.75) is 37.1 Å². The molecule has 3 aromatic rings. The molecule has 35 heavy (non-hydrogen) atoms. The van der Waals surface area contributed by atoms with Gasteiger partial charge in [0.25, 0.3) is 10.0 Å². The number of amidine groups is 1. The van der Waals surface area contributed by atoms with Gasteiger partial charge >= 0.3 is 6.03 Å². The molecule has 1 aliphatic heterocycles.